The summed E-state index contributed by atoms with van der Waals surface area (Å²) < 4.78 is 26.4. The lowest BCUT2D eigenvalue weighted by molar-refractivity contribution is 0.0947. The lowest BCUT2D eigenvalue weighted by atomic mass is 10.1. The van der Waals surface area contributed by atoms with Crippen molar-refractivity contribution >= 4 is 11.7 Å². The van der Waals surface area contributed by atoms with E-state index in [0.29, 0.717) is 22.4 Å². The minimum Gasteiger partial charge on any atom is -0.348 e. The molecule has 0 aliphatic heterocycles. The topological polar surface area (TPSA) is 59.1 Å². The molecule has 0 bridgehead atoms. The van der Waals surface area contributed by atoms with Crippen LogP contribution in [0.15, 0.2) is 66.9 Å². The first kappa shape index (κ1) is 18.4. The van der Waals surface area contributed by atoms with E-state index in [-0.39, 0.29) is 18.7 Å². The first-order chi connectivity index (χ1) is 13.0. The second-order valence-electron chi connectivity index (χ2n) is 5.96. The number of nitrogens with zero attached hydrogens (tertiary/aromatic N) is 1. The SMILES string of the molecule is O=C(Cc1cc(C(=O)NCc2cc(F)cc(F)c2)ccn1)c1ccccc1. The van der Waals surface area contributed by atoms with Gasteiger partial charge in [-0.3, -0.25) is 14.6 Å². The summed E-state index contributed by atoms with van der Waals surface area (Å²) in [5.41, 5.74) is 1.67. The fourth-order valence-electron chi connectivity index (χ4n) is 2.60. The van der Waals surface area contributed by atoms with Crippen molar-refractivity contribution < 1.29 is 18.4 Å². The zero-order valence-electron chi connectivity index (χ0n) is 14.3. The van der Waals surface area contributed by atoms with Crippen molar-refractivity contribution in [3.05, 3.63) is 101 Å². The van der Waals surface area contributed by atoms with Gasteiger partial charge < -0.3 is 5.32 Å². The van der Waals surface area contributed by atoms with E-state index in [9.17, 15) is 18.4 Å². The maximum Gasteiger partial charge on any atom is 0.251 e. The lowest BCUT2D eigenvalue weighted by Crippen LogP contribution is -2.23. The second kappa shape index (κ2) is 8.31. The summed E-state index contributed by atoms with van der Waals surface area (Å²) in [6, 6.07) is 14.9. The normalized spacial score (nSPS) is 10.4. The molecule has 3 rings (SSSR count). The molecule has 1 amide bonds. The fourth-order valence-corrected chi connectivity index (χ4v) is 2.60. The van der Waals surface area contributed by atoms with E-state index in [2.05, 4.69) is 10.3 Å². The Kier molecular flexibility index (Phi) is 5.66. The van der Waals surface area contributed by atoms with Gasteiger partial charge in [-0.25, -0.2) is 8.78 Å². The van der Waals surface area contributed by atoms with Gasteiger partial charge in [0, 0.05) is 35.6 Å². The monoisotopic (exact) mass is 366 g/mol. The second-order valence-corrected chi connectivity index (χ2v) is 5.96. The number of hydrogen-bond acceptors (Lipinski definition) is 3. The predicted octanol–water partition coefficient (Wildman–Crippen LogP) is 3.72. The molecule has 27 heavy (non-hydrogen) atoms. The van der Waals surface area contributed by atoms with Gasteiger partial charge in [-0.2, -0.15) is 0 Å². The Morgan fingerprint density at radius 3 is 2.30 bits per heavy atom. The summed E-state index contributed by atoms with van der Waals surface area (Å²) in [5.74, 6) is -1.93. The number of carbonyl (C=O) groups is 2. The van der Waals surface area contributed by atoms with Crippen LogP contribution < -0.4 is 5.32 Å². The first-order valence-corrected chi connectivity index (χ1v) is 8.27. The number of halogens is 2. The van der Waals surface area contributed by atoms with Crippen molar-refractivity contribution in [1.82, 2.24) is 10.3 Å². The van der Waals surface area contributed by atoms with Crippen molar-refractivity contribution in [2.24, 2.45) is 0 Å². The highest BCUT2D eigenvalue weighted by Gasteiger charge is 2.11. The van der Waals surface area contributed by atoms with Crippen LogP contribution in [0.5, 0.6) is 0 Å². The van der Waals surface area contributed by atoms with Crippen LogP contribution in [0.1, 0.15) is 32.0 Å². The van der Waals surface area contributed by atoms with Gasteiger partial charge in [0.15, 0.2) is 5.78 Å². The Bertz CT molecular complexity index is 955. The molecule has 0 aliphatic rings. The van der Waals surface area contributed by atoms with Crippen LogP contribution in [0.25, 0.3) is 0 Å². The number of pyridine rings is 1. The van der Waals surface area contributed by atoms with E-state index < -0.39 is 17.5 Å². The minimum absolute atomic E-state index is 0.0197. The molecular weight excluding hydrogens is 350 g/mol. The van der Waals surface area contributed by atoms with E-state index in [1.807, 2.05) is 6.07 Å². The summed E-state index contributed by atoms with van der Waals surface area (Å²) in [7, 11) is 0. The zero-order chi connectivity index (χ0) is 19.2. The fraction of sp³-hybridized carbons (Fsp3) is 0.0952. The maximum absolute atomic E-state index is 13.2. The van der Waals surface area contributed by atoms with Crippen LogP contribution in [0, 0.1) is 11.6 Å². The minimum atomic E-state index is -0.704. The molecule has 2 aromatic carbocycles. The molecule has 1 aromatic heterocycles. The van der Waals surface area contributed by atoms with Gasteiger partial charge in [0.2, 0.25) is 0 Å². The standard InChI is InChI=1S/C21H16F2N2O2/c22-17-8-14(9-18(23)11-17)13-25-21(27)16-6-7-24-19(10-16)12-20(26)15-4-2-1-3-5-15/h1-11H,12-13H2,(H,25,27). The first-order valence-electron chi connectivity index (χ1n) is 8.27. The van der Waals surface area contributed by atoms with E-state index in [0.717, 1.165) is 18.2 Å². The summed E-state index contributed by atoms with van der Waals surface area (Å²) in [6.45, 7) is -0.0197. The smallest absolute Gasteiger partial charge is 0.251 e. The number of amides is 1. The highest BCUT2D eigenvalue weighted by molar-refractivity contribution is 5.98. The highest BCUT2D eigenvalue weighted by Crippen LogP contribution is 2.10. The van der Waals surface area contributed by atoms with Gasteiger partial charge in [-0.15, -0.1) is 0 Å². The van der Waals surface area contributed by atoms with E-state index in [1.54, 1.807) is 24.3 Å². The molecule has 136 valence electrons. The largest absolute Gasteiger partial charge is 0.348 e. The number of aromatic nitrogens is 1. The average molecular weight is 366 g/mol. The predicted molar refractivity (Wildman–Crippen MR) is 96.2 cm³/mol. The van der Waals surface area contributed by atoms with Crippen LogP contribution in [0.3, 0.4) is 0 Å². The third kappa shape index (κ3) is 5.04. The molecule has 4 nitrogen and oxygen atoms in total. The molecule has 1 heterocycles. The molecule has 0 spiro atoms. The third-order valence-electron chi connectivity index (χ3n) is 3.89. The molecule has 0 atom stereocenters. The van der Waals surface area contributed by atoms with Gasteiger partial charge in [-0.1, -0.05) is 30.3 Å². The Morgan fingerprint density at radius 2 is 1.59 bits per heavy atom. The molecule has 0 saturated carbocycles. The van der Waals surface area contributed by atoms with Crippen molar-refractivity contribution in [2.45, 2.75) is 13.0 Å². The van der Waals surface area contributed by atoms with Crippen LogP contribution in [0.2, 0.25) is 0 Å². The number of nitrogens with one attached hydrogen (secondary N) is 1. The van der Waals surface area contributed by atoms with Crippen LogP contribution in [-0.4, -0.2) is 16.7 Å². The number of carbonyl (C=O) groups excluding carboxylic acids is 2. The van der Waals surface area contributed by atoms with Crippen molar-refractivity contribution in [2.75, 3.05) is 0 Å². The van der Waals surface area contributed by atoms with Crippen LogP contribution in [0.4, 0.5) is 8.78 Å². The quantitative estimate of drug-likeness (QED) is 0.677. The molecule has 0 saturated heterocycles. The van der Waals surface area contributed by atoms with Crippen molar-refractivity contribution in [3.8, 4) is 0 Å². The highest BCUT2D eigenvalue weighted by atomic mass is 19.1. The van der Waals surface area contributed by atoms with Gasteiger partial charge in [0.1, 0.15) is 11.6 Å². The van der Waals surface area contributed by atoms with Crippen LogP contribution in [-0.2, 0) is 13.0 Å². The zero-order valence-corrected chi connectivity index (χ0v) is 14.3. The number of rotatable bonds is 6. The van der Waals surface area contributed by atoms with Gasteiger partial charge >= 0.3 is 0 Å². The van der Waals surface area contributed by atoms with Crippen molar-refractivity contribution in [1.29, 1.82) is 0 Å². The number of benzene rings is 2. The Balaban J connectivity index is 1.65. The lowest BCUT2D eigenvalue weighted by Gasteiger charge is -2.07. The van der Waals surface area contributed by atoms with E-state index in [1.165, 1.54) is 18.3 Å². The average Bonchev–Trinajstić information content (AvgIpc) is 2.66. The molecule has 3 aromatic rings. The van der Waals surface area contributed by atoms with Crippen molar-refractivity contribution in [3.63, 3.8) is 0 Å². The molecule has 0 unspecified atom stereocenters. The summed E-state index contributed by atoms with van der Waals surface area (Å²) >= 11 is 0. The summed E-state index contributed by atoms with van der Waals surface area (Å²) in [6.07, 6.45) is 1.52. The van der Waals surface area contributed by atoms with Gasteiger partial charge in [0.25, 0.3) is 5.91 Å². The Morgan fingerprint density at radius 1 is 0.889 bits per heavy atom. The van der Waals surface area contributed by atoms with Gasteiger partial charge in [0.05, 0.1) is 6.42 Å². The Labute approximate surface area is 154 Å². The van der Waals surface area contributed by atoms with E-state index >= 15 is 0 Å². The molecule has 6 heteroatoms. The summed E-state index contributed by atoms with van der Waals surface area (Å²) in [5, 5.41) is 2.60. The molecule has 0 aliphatic carbocycles. The molecular formula is C21H16F2N2O2. The number of Topliss-reactive ketones (excluding diaryl/α,β-unsaturated/α-hetero) is 1. The third-order valence-corrected chi connectivity index (χ3v) is 3.89. The molecule has 0 radical (unpaired) electrons. The molecule has 1 N–H and O–H groups in total. The van der Waals surface area contributed by atoms with Crippen LogP contribution >= 0.6 is 0 Å². The maximum atomic E-state index is 13.2. The van der Waals surface area contributed by atoms with E-state index in [4.69, 9.17) is 0 Å². The Hall–Kier alpha value is -3.41. The molecule has 0 fully saturated rings. The summed E-state index contributed by atoms with van der Waals surface area (Å²) in [4.78, 5) is 28.7. The number of ketones is 1. The number of hydrogen-bond donors (Lipinski definition) is 1. The van der Waals surface area contributed by atoms with Gasteiger partial charge in [-0.05, 0) is 29.8 Å².